The first kappa shape index (κ1) is 10.8. The van der Waals surface area contributed by atoms with Gasteiger partial charge in [0.15, 0.2) is 11.4 Å². The summed E-state index contributed by atoms with van der Waals surface area (Å²) < 4.78 is 5.18. The molecule has 0 fully saturated rings. The number of carboxylic acids is 1. The van der Waals surface area contributed by atoms with Crippen LogP contribution in [0.1, 0.15) is 10.5 Å². The third-order valence-electron chi connectivity index (χ3n) is 1.84. The molecule has 7 heteroatoms. The number of pyridine rings is 1. The Hall–Kier alpha value is -2.70. The molecule has 0 amide bonds. The number of rotatable bonds is 3. The summed E-state index contributed by atoms with van der Waals surface area (Å²) >= 11 is 0. The number of nitrogens with one attached hydrogen (secondary N) is 1. The van der Waals surface area contributed by atoms with E-state index in [0.29, 0.717) is 0 Å². The Bertz CT molecular complexity index is 608. The Kier molecular flexibility index (Phi) is 2.82. The first-order valence-electron chi connectivity index (χ1n) is 4.58. The van der Waals surface area contributed by atoms with Gasteiger partial charge in [-0.3, -0.25) is 4.79 Å². The van der Waals surface area contributed by atoms with Gasteiger partial charge in [-0.15, -0.1) is 0 Å². The molecule has 2 aromatic rings. The van der Waals surface area contributed by atoms with Gasteiger partial charge in [0.25, 0.3) is 5.56 Å². The van der Waals surface area contributed by atoms with Crippen LogP contribution in [0.25, 0.3) is 0 Å². The topological polar surface area (TPSA) is 105 Å². The van der Waals surface area contributed by atoms with E-state index in [1.807, 2.05) is 0 Å². The monoisotopic (exact) mass is 233 g/mol. The van der Waals surface area contributed by atoms with Crippen LogP contribution in [0.15, 0.2) is 35.5 Å². The van der Waals surface area contributed by atoms with E-state index in [-0.39, 0.29) is 17.3 Å². The first-order valence-corrected chi connectivity index (χ1v) is 4.58. The third-order valence-corrected chi connectivity index (χ3v) is 1.84. The van der Waals surface area contributed by atoms with Crippen molar-refractivity contribution in [1.29, 1.82) is 0 Å². The van der Waals surface area contributed by atoms with Gasteiger partial charge < -0.3 is 14.8 Å². The van der Waals surface area contributed by atoms with Gasteiger partial charge in [-0.1, -0.05) is 0 Å². The van der Waals surface area contributed by atoms with Gasteiger partial charge >= 0.3 is 5.97 Å². The molecule has 0 saturated carbocycles. The zero-order valence-electron chi connectivity index (χ0n) is 8.45. The lowest BCUT2D eigenvalue weighted by Crippen LogP contribution is -2.07. The van der Waals surface area contributed by atoms with E-state index >= 15 is 0 Å². The van der Waals surface area contributed by atoms with Crippen LogP contribution in [0, 0.1) is 0 Å². The lowest BCUT2D eigenvalue weighted by molar-refractivity contribution is 0.0687. The lowest BCUT2D eigenvalue weighted by Gasteiger charge is -2.05. The summed E-state index contributed by atoms with van der Waals surface area (Å²) in [6.07, 6.45) is 2.50. The Labute approximate surface area is 94.7 Å². The highest BCUT2D eigenvalue weighted by atomic mass is 16.5. The molecule has 86 valence electrons. The number of carboxylic acid groups (broad SMARTS) is 1. The molecule has 0 bridgehead atoms. The van der Waals surface area contributed by atoms with E-state index in [4.69, 9.17) is 9.84 Å². The minimum Gasteiger partial charge on any atom is -0.476 e. The number of aromatic carboxylic acids is 1. The lowest BCUT2D eigenvalue weighted by atomic mass is 10.3. The predicted octanol–water partition coefficient (Wildman–Crippen LogP) is 0.655. The number of ether oxygens (including phenoxy) is 1. The minimum atomic E-state index is -1.22. The number of nitrogens with zero attached hydrogens (tertiary/aromatic N) is 2. The van der Waals surface area contributed by atoms with Crippen molar-refractivity contribution >= 4 is 5.97 Å². The van der Waals surface area contributed by atoms with Crippen molar-refractivity contribution in [2.75, 3.05) is 0 Å². The minimum absolute atomic E-state index is 0.00394. The van der Waals surface area contributed by atoms with E-state index in [0.717, 1.165) is 12.4 Å². The number of aromatic amines is 1. The summed E-state index contributed by atoms with van der Waals surface area (Å²) in [5, 5.41) is 8.87. The molecule has 0 spiro atoms. The molecule has 0 aliphatic carbocycles. The highest BCUT2D eigenvalue weighted by molar-refractivity contribution is 5.88. The number of hydrogen-bond donors (Lipinski definition) is 2. The third kappa shape index (κ3) is 2.46. The molecule has 0 unspecified atom stereocenters. The van der Waals surface area contributed by atoms with Crippen molar-refractivity contribution in [3.05, 3.63) is 46.8 Å². The molecular formula is C10H7N3O4. The van der Waals surface area contributed by atoms with Gasteiger partial charge in [0.05, 0.1) is 12.4 Å². The highest BCUT2D eigenvalue weighted by Gasteiger charge is 2.13. The molecule has 7 nitrogen and oxygen atoms in total. The average molecular weight is 233 g/mol. The molecule has 17 heavy (non-hydrogen) atoms. The fraction of sp³-hybridized carbons (Fsp3) is 0. The van der Waals surface area contributed by atoms with Crippen LogP contribution in [0.2, 0.25) is 0 Å². The molecule has 0 aliphatic heterocycles. The summed E-state index contributed by atoms with van der Waals surface area (Å²) in [5.41, 5.74) is -0.634. The molecule has 2 aromatic heterocycles. The molecule has 2 N–H and O–H groups in total. The molecule has 0 radical (unpaired) electrons. The number of hydrogen-bond acceptors (Lipinski definition) is 5. The fourth-order valence-corrected chi connectivity index (χ4v) is 1.15. The highest BCUT2D eigenvalue weighted by Crippen LogP contribution is 2.20. The number of H-pyrrole nitrogens is 1. The van der Waals surface area contributed by atoms with Gasteiger partial charge in [0, 0.05) is 6.20 Å². The molecular weight excluding hydrogens is 226 g/mol. The van der Waals surface area contributed by atoms with Gasteiger partial charge in [0.1, 0.15) is 0 Å². The average Bonchev–Trinajstić information content (AvgIpc) is 2.29. The Morgan fingerprint density at radius 2 is 2.24 bits per heavy atom. The summed E-state index contributed by atoms with van der Waals surface area (Å²) in [7, 11) is 0. The van der Waals surface area contributed by atoms with Gasteiger partial charge in [-0.2, -0.15) is 0 Å². The van der Waals surface area contributed by atoms with Crippen molar-refractivity contribution in [2.24, 2.45) is 0 Å². The van der Waals surface area contributed by atoms with Crippen LogP contribution >= 0.6 is 0 Å². The van der Waals surface area contributed by atoms with Gasteiger partial charge in [0.2, 0.25) is 5.88 Å². The summed E-state index contributed by atoms with van der Waals surface area (Å²) in [4.78, 5) is 31.6. The summed E-state index contributed by atoms with van der Waals surface area (Å²) in [5.74, 6) is -1.19. The van der Waals surface area contributed by atoms with Gasteiger partial charge in [-0.25, -0.2) is 14.8 Å². The van der Waals surface area contributed by atoms with Crippen LogP contribution in [-0.4, -0.2) is 26.0 Å². The maximum atomic E-state index is 11.0. The Morgan fingerprint density at radius 1 is 1.41 bits per heavy atom. The maximum Gasteiger partial charge on any atom is 0.358 e. The van der Waals surface area contributed by atoms with E-state index in [1.165, 1.54) is 18.3 Å². The standard InChI is InChI=1S/C10H7N3O4/c14-7-4-8(13-5-12-7)17-6-2-1-3-11-9(6)10(15)16/h1-5H,(H,15,16)(H,12,13,14). The summed E-state index contributed by atoms with van der Waals surface area (Å²) in [6.45, 7) is 0. The second-order valence-electron chi connectivity index (χ2n) is 3.01. The van der Waals surface area contributed by atoms with Crippen LogP contribution < -0.4 is 10.3 Å². The van der Waals surface area contributed by atoms with Crippen molar-refractivity contribution in [1.82, 2.24) is 15.0 Å². The smallest absolute Gasteiger partial charge is 0.358 e. The predicted molar refractivity (Wildman–Crippen MR) is 56.1 cm³/mol. The molecule has 2 rings (SSSR count). The normalized spacial score (nSPS) is 9.88. The second kappa shape index (κ2) is 4.44. The summed E-state index contributed by atoms with van der Waals surface area (Å²) in [6, 6.07) is 4.06. The van der Waals surface area contributed by atoms with E-state index in [9.17, 15) is 9.59 Å². The van der Waals surface area contributed by atoms with Crippen molar-refractivity contribution < 1.29 is 14.6 Å². The van der Waals surface area contributed by atoms with Crippen molar-refractivity contribution in [3.63, 3.8) is 0 Å². The molecule has 0 aromatic carbocycles. The van der Waals surface area contributed by atoms with Crippen LogP contribution in [0.4, 0.5) is 0 Å². The fourth-order valence-electron chi connectivity index (χ4n) is 1.15. The van der Waals surface area contributed by atoms with E-state index < -0.39 is 11.5 Å². The quantitative estimate of drug-likeness (QED) is 0.806. The molecule has 0 aliphatic rings. The number of aromatic nitrogens is 3. The molecule has 0 atom stereocenters. The molecule has 0 saturated heterocycles. The largest absolute Gasteiger partial charge is 0.476 e. The van der Waals surface area contributed by atoms with Crippen LogP contribution in [-0.2, 0) is 0 Å². The second-order valence-corrected chi connectivity index (χ2v) is 3.01. The Balaban J connectivity index is 2.36. The first-order chi connectivity index (χ1) is 8.16. The zero-order chi connectivity index (χ0) is 12.3. The van der Waals surface area contributed by atoms with E-state index in [1.54, 1.807) is 0 Å². The van der Waals surface area contributed by atoms with E-state index in [2.05, 4.69) is 15.0 Å². The SMILES string of the molecule is O=C(O)c1ncccc1Oc1cc(=O)[nH]cn1. The molecule has 2 heterocycles. The van der Waals surface area contributed by atoms with Crippen LogP contribution in [0.5, 0.6) is 11.6 Å². The van der Waals surface area contributed by atoms with Crippen LogP contribution in [0.3, 0.4) is 0 Å². The number of carbonyl (C=O) groups is 1. The van der Waals surface area contributed by atoms with Gasteiger partial charge in [-0.05, 0) is 12.1 Å². The Morgan fingerprint density at radius 3 is 2.94 bits per heavy atom. The zero-order valence-corrected chi connectivity index (χ0v) is 8.45. The maximum absolute atomic E-state index is 11.0. The van der Waals surface area contributed by atoms with Crippen molar-refractivity contribution in [3.8, 4) is 11.6 Å². The van der Waals surface area contributed by atoms with Crippen molar-refractivity contribution in [2.45, 2.75) is 0 Å².